The molecule has 0 atom stereocenters. The van der Waals surface area contributed by atoms with Crippen molar-refractivity contribution in [1.29, 1.82) is 0 Å². The quantitative estimate of drug-likeness (QED) is 0.752. The summed E-state index contributed by atoms with van der Waals surface area (Å²) in [5, 5.41) is 0. The van der Waals surface area contributed by atoms with Crippen LogP contribution in [0.3, 0.4) is 0 Å². The van der Waals surface area contributed by atoms with Crippen LogP contribution in [-0.2, 0) is 17.6 Å². The van der Waals surface area contributed by atoms with Gasteiger partial charge in [0.15, 0.2) is 5.76 Å². The number of ether oxygens (including phenoxy) is 1. The van der Waals surface area contributed by atoms with Crippen LogP contribution in [0, 0.1) is 0 Å². The third-order valence-electron chi connectivity index (χ3n) is 3.80. The van der Waals surface area contributed by atoms with Crippen molar-refractivity contribution in [3.63, 3.8) is 0 Å². The molecule has 0 radical (unpaired) electrons. The monoisotopic (exact) mass is 293 g/mol. The van der Waals surface area contributed by atoms with Crippen molar-refractivity contribution in [2.24, 2.45) is 0 Å². The van der Waals surface area contributed by atoms with E-state index in [1.807, 2.05) is 0 Å². The van der Waals surface area contributed by atoms with E-state index < -0.39 is 5.91 Å². The van der Waals surface area contributed by atoms with E-state index in [1.165, 1.54) is 0 Å². The standard InChI is InChI=1S/C14H19N3O4/c18-13(12-9-10-3-1-2-4-11(10)21-12)15-16-14(19)17-5-7-20-8-6-17/h9H,1-8H2,(H,15,18)(H,16,19). The van der Waals surface area contributed by atoms with Crippen LogP contribution in [0.1, 0.15) is 34.7 Å². The van der Waals surface area contributed by atoms with Gasteiger partial charge < -0.3 is 14.1 Å². The van der Waals surface area contributed by atoms with E-state index in [9.17, 15) is 9.59 Å². The number of carbonyl (C=O) groups is 2. The fraction of sp³-hybridized carbons (Fsp3) is 0.571. The lowest BCUT2D eigenvalue weighted by molar-refractivity contribution is 0.0518. The molecule has 1 aromatic heterocycles. The van der Waals surface area contributed by atoms with Crippen LogP contribution in [0.5, 0.6) is 0 Å². The van der Waals surface area contributed by atoms with Gasteiger partial charge in [-0.2, -0.15) is 0 Å². The minimum atomic E-state index is -0.425. The van der Waals surface area contributed by atoms with Crippen LogP contribution in [0.4, 0.5) is 4.79 Å². The summed E-state index contributed by atoms with van der Waals surface area (Å²) in [6, 6.07) is 1.44. The number of nitrogens with zero attached hydrogens (tertiary/aromatic N) is 1. The van der Waals surface area contributed by atoms with Crippen LogP contribution >= 0.6 is 0 Å². The third-order valence-corrected chi connectivity index (χ3v) is 3.80. The summed E-state index contributed by atoms with van der Waals surface area (Å²) in [6.07, 6.45) is 4.05. The van der Waals surface area contributed by atoms with Crippen LogP contribution in [0.25, 0.3) is 0 Å². The predicted octanol–water partition coefficient (Wildman–Crippen LogP) is 0.845. The van der Waals surface area contributed by atoms with Gasteiger partial charge in [-0.1, -0.05) is 0 Å². The summed E-state index contributed by atoms with van der Waals surface area (Å²) in [5.74, 6) is 0.723. The van der Waals surface area contributed by atoms with Crippen molar-refractivity contribution in [3.8, 4) is 0 Å². The Labute approximate surface area is 122 Å². The number of nitrogens with one attached hydrogen (secondary N) is 2. The van der Waals surface area contributed by atoms with Crippen molar-refractivity contribution >= 4 is 11.9 Å². The van der Waals surface area contributed by atoms with E-state index in [0.717, 1.165) is 37.0 Å². The molecule has 0 aromatic carbocycles. The summed E-state index contributed by atoms with van der Waals surface area (Å²) in [7, 11) is 0. The topological polar surface area (TPSA) is 83.8 Å². The van der Waals surface area contributed by atoms with Gasteiger partial charge in [0, 0.05) is 19.5 Å². The first kappa shape index (κ1) is 13.9. The summed E-state index contributed by atoms with van der Waals surface area (Å²) in [6.45, 7) is 2.09. The Bertz CT molecular complexity index is 511. The Morgan fingerprint density at radius 3 is 2.62 bits per heavy atom. The highest BCUT2D eigenvalue weighted by Gasteiger charge is 2.21. The minimum Gasteiger partial charge on any atom is -0.456 e. The number of hydrogen-bond donors (Lipinski definition) is 2. The molecule has 0 unspecified atom stereocenters. The maximum atomic E-state index is 12.0. The number of urea groups is 1. The molecule has 1 saturated heterocycles. The predicted molar refractivity (Wildman–Crippen MR) is 73.7 cm³/mol. The second-order valence-electron chi connectivity index (χ2n) is 5.25. The van der Waals surface area contributed by atoms with Crippen molar-refractivity contribution in [2.45, 2.75) is 25.7 Å². The highest BCUT2D eigenvalue weighted by molar-refractivity contribution is 5.93. The van der Waals surface area contributed by atoms with Crippen LogP contribution < -0.4 is 10.9 Å². The van der Waals surface area contributed by atoms with E-state index in [2.05, 4.69) is 10.9 Å². The van der Waals surface area contributed by atoms with E-state index in [1.54, 1.807) is 11.0 Å². The lowest BCUT2D eigenvalue weighted by Gasteiger charge is -2.26. The number of rotatable bonds is 1. The molecular weight excluding hydrogens is 274 g/mol. The van der Waals surface area contributed by atoms with Gasteiger partial charge in [0.1, 0.15) is 5.76 Å². The molecule has 2 N–H and O–H groups in total. The molecule has 3 amide bonds. The Morgan fingerprint density at radius 2 is 1.86 bits per heavy atom. The zero-order chi connectivity index (χ0) is 14.7. The van der Waals surface area contributed by atoms with Crippen molar-refractivity contribution in [1.82, 2.24) is 15.8 Å². The van der Waals surface area contributed by atoms with Gasteiger partial charge in [-0.15, -0.1) is 0 Å². The molecule has 0 bridgehead atoms. The first-order valence-electron chi connectivity index (χ1n) is 7.28. The maximum absolute atomic E-state index is 12.0. The van der Waals surface area contributed by atoms with Crippen LogP contribution in [-0.4, -0.2) is 43.1 Å². The molecule has 1 aliphatic heterocycles. The molecule has 7 nitrogen and oxygen atoms in total. The van der Waals surface area contributed by atoms with Crippen molar-refractivity contribution in [3.05, 3.63) is 23.2 Å². The van der Waals surface area contributed by atoms with Gasteiger partial charge >= 0.3 is 11.9 Å². The second kappa shape index (κ2) is 6.17. The zero-order valence-electron chi connectivity index (χ0n) is 11.8. The van der Waals surface area contributed by atoms with E-state index in [4.69, 9.17) is 9.15 Å². The van der Waals surface area contributed by atoms with Gasteiger partial charge in [-0.25, -0.2) is 10.2 Å². The van der Waals surface area contributed by atoms with Gasteiger partial charge in [-0.3, -0.25) is 10.2 Å². The number of morpholine rings is 1. The molecule has 0 spiro atoms. The Hall–Kier alpha value is -2.02. The number of hydrazine groups is 1. The third kappa shape index (κ3) is 3.18. The zero-order valence-corrected chi connectivity index (χ0v) is 11.8. The number of furan rings is 1. The highest BCUT2D eigenvalue weighted by Crippen LogP contribution is 2.24. The number of hydrogen-bond acceptors (Lipinski definition) is 4. The van der Waals surface area contributed by atoms with Gasteiger partial charge in [-0.05, 0) is 30.9 Å². The molecule has 1 aliphatic carbocycles. The molecule has 0 saturated carbocycles. The summed E-state index contributed by atoms with van der Waals surface area (Å²) in [4.78, 5) is 25.4. The fourth-order valence-electron chi connectivity index (χ4n) is 2.62. The van der Waals surface area contributed by atoms with Gasteiger partial charge in [0.05, 0.1) is 13.2 Å². The smallest absolute Gasteiger partial charge is 0.336 e. The lowest BCUT2D eigenvalue weighted by Crippen LogP contribution is -2.51. The number of aryl methyl sites for hydroxylation is 2. The molecule has 2 aliphatic rings. The van der Waals surface area contributed by atoms with Crippen molar-refractivity contribution < 1.29 is 18.7 Å². The Morgan fingerprint density at radius 1 is 1.10 bits per heavy atom. The molecule has 21 heavy (non-hydrogen) atoms. The van der Waals surface area contributed by atoms with E-state index >= 15 is 0 Å². The van der Waals surface area contributed by atoms with Crippen LogP contribution in [0.15, 0.2) is 10.5 Å². The molecule has 7 heteroatoms. The van der Waals surface area contributed by atoms with Crippen molar-refractivity contribution in [2.75, 3.05) is 26.3 Å². The summed E-state index contributed by atoms with van der Waals surface area (Å²) >= 11 is 0. The molecule has 1 aromatic rings. The van der Waals surface area contributed by atoms with E-state index in [0.29, 0.717) is 26.3 Å². The second-order valence-corrected chi connectivity index (χ2v) is 5.25. The van der Waals surface area contributed by atoms with E-state index in [-0.39, 0.29) is 11.8 Å². The molecule has 1 fully saturated rings. The average molecular weight is 293 g/mol. The van der Waals surface area contributed by atoms with Gasteiger partial charge in [0.2, 0.25) is 0 Å². The largest absolute Gasteiger partial charge is 0.456 e. The fourth-order valence-corrected chi connectivity index (χ4v) is 2.62. The first-order valence-corrected chi connectivity index (χ1v) is 7.28. The maximum Gasteiger partial charge on any atom is 0.336 e. The molecule has 114 valence electrons. The molecule has 2 heterocycles. The summed E-state index contributed by atoms with van der Waals surface area (Å²) < 4.78 is 10.7. The first-order chi connectivity index (χ1) is 10.2. The SMILES string of the molecule is O=C(NNC(=O)N1CCOCC1)c1cc2c(o1)CCCC2. The minimum absolute atomic E-state index is 0.254. The lowest BCUT2D eigenvalue weighted by atomic mass is 9.99. The van der Waals surface area contributed by atoms with Gasteiger partial charge in [0.25, 0.3) is 0 Å². The number of fused-ring (bicyclic) bond motifs is 1. The van der Waals surface area contributed by atoms with Crippen LogP contribution in [0.2, 0.25) is 0 Å². The molecular formula is C14H19N3O4. The number of amides is 3. The Balaban J connectivity index is 1.53. The summed E-state index contributed by atoms with van der Waals surface area (Å²) in [5.41, 5.74) is 5.90. The highest BCUT2D eigenvalue weighted by atomic mass is 16.5. The Kier molecular flexibility index (Phi) is 4.10. The normalized spacial score (nSPS) is 18.0. The average Bonchev–Trinajstić information content (AvgIpc) is 2.97. The molecule has 3 rings (SSSR count). The number of carbonyl (C=O) groups excluding carboxylic acids is 2.